The Hall–Kier alpha value is -3.66. The van der Waals surface area contributed by atoms with Gasteiger partial charge in [-0.1, -0.05) is 93.2 Å². The lowest BCUT2D eigenvalue weighted by Crippen LogP contribution is -2.29. The highest BCUT2D eigenvalue weighted by atomic mass is 16.1. The van der Waals surface area contributed by atoms with Gasteiger partial charge in [0.25, 0.3) is 5.91 Å². The number of amides is 1. The smallest absolute Gasteiger partial charge is 0.254 e. The molecule has 1 atom stereocenters. The first-order chi connectivity index (χ1) is 14.7. The van der Waals surface area contributed by atoms with E-state index in [2.05, 4.69) is 17.6 Å². The zero-order valence-electron chi connectivity index (χ0n) is 17.2. The molecule has 0 unspecified atom stereocenters. The molecule has 0 saturated carbocycles. The minimum Gasteiger partial charge on any atom is -0.386 e. The molecule has 31 heavy (non-hydrogen) atoms. The summed E-state index contributed by atoms with van der Waals surface area (Å²) in [7, 11) is 1.84. The van der Waals surface area contributed by atoms with Gasteiger partial charge >= 0.3 is 0 Å². The molecule has 0 spiro atoms. The lowest BCUT2D eigenvalue weighted by atomic mass is 9.99. The van der Waals surface area contributed by atoms with Crippen LogP contribution < -0.4 is 10.6 Å². The van der Waals surface area contributed by atoms with Crippen molar-refractivity contribution in [1.29, 1.82) is 0 Å². The van der Waals surface area contributed by atoms with Gasteiger partial charge in [0.05, 0.1) is 28.5 Å². The van der Waals surface area contributed by atoms with Crippen LogP contribution in [-0.2, 0) is 0 Å². The molecule has 1 amide bonds. The second-order valence-corrected chi connectivity index (χ2v) is 7.19. The van der Waals surface area contributed by atoms with Crippen LogP contribution in [0, 0.1) is 0 Å². The molecule has 158 valence electrons. The zero-order chi connectivity index (χ0) is 20.9. The first-order valence-corrected chi connectivity index (χ1v) is 10.2. The molecular weight excluding hydrogens is 382 g/mol. The molecule has 0 fully saturated rings. The lowest BCUT2D eigenvalue weighted by Gasteiger charge is -2.21. The van der Waals surface area contributed by atoms with E-state index in [1.807, 2.05) is 92.0 Å². The number of benzene rings is 3. The van der Waals surface area contributed by atoms with Gasteiger partial charge in [-0.15, -0.1) is 0 Å². The fourth-order valence-electron chi connectivity index (χ4n) is 3.83. The first-order valence-electron chi connectivity index (χ1n) is 10.2. The first kappa shape index (κ1) is 22.0. The fraction of sp³-hybridized carbons (Fsp3) is 0.185. The number of anilines is 1. The number of nitrogens with zero attached hydrogens (tertiary/aromatic N) is 1. The number of pyridine rings is 1. The van der Waals surface area contributed by atoms with Crippen molar-refractivity contribution >= 4 is 22.5 Å². The van der Waals surface area contributed by atoms with Crippen molar-refractivity contribution in [2.24, 2.45) is 0 Å². The van der Waals surface area contributed by atoms with E-state index in [0.29, 0.717) is 5.56 Å². The number of carbonyl (C=O) groups is 1. The van der Waals surface area contributed by atoms with Gasteiger partial charge in [0, 0.05) is 18.0 Å². The van der Waals surface area contributed by atoms with Gasteiger partial charge in [-0.3, -0.25) is 4.79 Å². The van der Waals surface area contributed by atoms with Crippen LogP contribution in [0.25, 0.3) is 22.2 Å². The molecule has 0 aliphatic rings. The van der Waals surface area contributed by atoms with Crippen molar-refractivity contribution in [2.75, 3.05) is 12.4 Å². The van der Waals surface area contributed by atoms with Gasteiger partial charge in [0.15, 0.2) is 0 Å². The molecule has 0 aliphatic carbocycles. The molecule has 0 bridgehead atoms. The largest absolute Gasteiger partial charge is 0.386 e. The molecule has 0 saturated heterocycles. The maximum atomic E-state index is 13.6. The minimum absolute atomic E-state index is 0. The average Bonchev–Trinajstić information content (AvgIpc) is 2.82. The zero-order valence-corrected chi connectivity index (χ0v) is 17.2. The summed E-state index contributed by atoms with van der Waals surface area (Å²) in [4.78, 5) is 18.5. The summed E-state index contributed by atoms with van der Waals surface area (Å²) in [6, 6.07) is 27.8. The topological polar surface area (TPSA) is 54.0 Å². The standard InChI is InChI=1S/C26H25N3O.CH4/c1-3-21(18-12-6-4-7-13-18)29-26(30)23-20-16-10-11-17-22(20)28-24(25(23)27-2)19-14-8-5-9-15-19;/h4-17,21,27H,3H2,1-2H3,(H,29,30);1H4/t21-;/m0./s1. The Morgan fingerprint density at radius 2 is 1.52 bits per heavy atom. The summed E-state index contributed by atoms with van der Waals surface area (Å²) in [5.74, 6) is -0.106. The number of fused-ring (bicyclic) bond motifs is 1. The van der Waals surface area contributed by atoms with E-state index < -0.39 is 0 Å². The molecule has 1 aromatic heterocycles. The Labute approximate surface area is 184 Å². The fourth-order valence-corrected chi connectivity index (χ4v) is 3.83. The van der Waals surface area contributed by atoms with Crippen LogP contribution in [0.4, 0.5) is 5.69 Å². The van der Waals surface area contributed by atoms with Gasteiger partial charge in [0.1, 0.15) is 0 Å². The summed E-state index contributed by atoms with van der Waals surface area (Å²) >= 11 is 0. The third-order valence-corrected chi connectivity index (χ3v) is 5.33. The van der Waals surface area contributed by atoms with Crippen molar-refractivity contribution in [2.45, 2.75) is 26.8 Å². The molecule has 4 aromatic rings. The number of para-hydroxylation sites is 1. The molecule has 4 rings (SSSR count). The van der Waals surface area contributed by atoms with E-state index in [4.69, 9.17) is 4.98 Å². The molecular formula is C27H29N3O. The number of aromatic nitrogens is 1. The van der Waals surface area contributed by atoms with E-state index in [1.54, 1.807) is 0 Å². The maximum Gasteiger partial charge on any atom is 0.254 e. The predicted octanol–water partition coefficient (Wildman–Crippen LogP) is 6.46. The van der Waals surface area contributed by atoms with Crippen molar-refractivity contribution in [1.82, 2.24) is 10.3 Å². The number of hydrogen-bond acceptors (Lipinski definition) is 3. The number of rotatable bonds is 6. The molecule has 4 heteroatoms. The summed E-state index contributed by atoms with van der Waals surface area (Å²) in [5.41, 5.74) is 5.00. The van der Waals surface area contributed by atoms with Crippen molar-refractivity contribution in [3.8, 4) is 11.3 Å². The Morgan fingerprint density at radius 1 is 0.903 bits per heavy atom. The van der Waals surface area contributed by atoms with E-state index in [9.17, 15) is 4.79 Å². The third-order valence-electron chi connectivity index (χ3n) is 5.33. The Bertz CT molecular complexity index is 1160. The van der Waals surface area contributed by atoms with Crippen molar-refractivity contribution in [3.63, 3.8) is 0 Å². The van der Waals surface area contributed by atoms with Gasteiger partial charge in [-0.25, -0.2) is 4.98 Å². The lowest BCUT2D eigenvalue weighted by molar-refractivity contribution is 0.0938. The van der Waals surface area contributed by atoms with Crippen LogP contribution in [-0.4, -0.2) is 17.9 Å². The molecule has 1 heterocycles. The Kier molecular flexibility index (Phi) is 7.03. The van der Waals surface area contributed by atoms with Crippen molar-refractivity contribution in [3.05, 3.63) is 96.1 Å². The summed E-state index contributed by atoms with van der Waals surface area (Å²) < 4.78 is 0. The molecule has 0 aliphatic heterocycles. The van der Waals surface area contributed by atoms with Gasteiger partial charge in [-0.05, 0) is 18.1 Å². The number of nitrogens with one attached hydrogen (secondary N) is 2. The van der Waals surface area contributed by atoms with E-state index in [-0.39, 0.29) is 19.4 Å². The molecule has 4 nitrogen and oxygen atoms in total. The average molecular weight is 412 g/mol. The van der Waals surface area contributed by atoms with Crippen LogP contribution in [0.5, 0.6) is 0 Å². The highest BCUT2D eigenvalue weighted by Crippen LogP contribution is 2.34. The second kappa shape index (κ2) is 9.90. The highest BCUT2D eigenvalue weighted by Gasteiger charge is 2.23. The Balaban J connectivity index is 0.00000272. The van der Waals surface area contributed by atoms with Crippen LogP contribution in [0.1, 0.15) is 42.7 Å². The van der Waals surface area contributed by atoms with Gasteiger partial charge in [0.2, 0.25) is 0 Å². The maximum absolute atomic E-state index is 13.6. The monoisotopic (exact) mass is 411 g/mol. The van der Waals surface area contributed by atoms with Crippen LogP contribution in [0.2, 0.25) is 0 Å². The second-order valence-electron chi connectivity index (χ2n) is 7.19. The van der Waals surface area contributed by atoms with Crippen molar-refractivity contribution < 1.29 is 4.79 Å². The van der Waals surface area contributed by atoms with Crippen LogP contribution in [0.3, 0.4) is 0 Å². The predicted molar refractivity (Wildman–Crippen MR) is 130 cm³/mol. The van der Waals surface area contributed by atoms with E-state index in [0.717, 1.165) is 39.8 Å². The third kappa shape index (κ3) is 4.43. The van der Waals surface area contributed by atoms with E-state index in [1.165, 1.54) is 0 Å². The van der Waals surface area contributed by atoms with Gasteiger partial charge < -0.3 is 10.6 Å². The van der Waals surface area contributed by atoms with E-state index >= 15 is 0 Å². The summed E-state index contributed by atoms with van der Waals surface area (Å²) in [6.07, 6.45) is 0.805. The quantitative estimate of drug-likeness (QED) is 0.383. The summed E-state index contributed by atoms with van der Waals surface area (Å²) in [5, 5.41) is 7.32. The Morgan fingerprint density at radius 3 is 2.16 bits per heavy atom. The normalized spacial score (nSPS) is 11.4. The number of carbonyl (C=O) groups excluding carboxylic acids is 1. The molecule has 3 aromatic carbocycles. The SMILES string of the molecule is C.CC[C@H](NC(=O)c1c(NC)c(-c2ccccc2)nc2ccccc12)c1ccccc1. The molecule has 0 radical (unpaired) electrons. The number of hydrogen-bond donors (Lipinski definition) is 2. The minimum atomic E-state index is -0.106. The summed E-state index contributed by atoms with van der Waals surface area (Å²) in [6.45, 7) is 2.08. The van der Waals surface area contributed by atoms with Gasteiger partial charge in [-0.2, -0.15) is 0 Å². The van der Waals surface area contributed by atoms with Crippen LogP contribution >= 0.6 is 0 Å². The van der Waals surface area contributed by atoms with Crippen LogP contribution in [0.15, 0.2) is 84.9 Å². The molecule has 2 N–H and O–H groups in total. The highest BCUT2D eigenvalue weighted by molar-refractivity contribution is 6.13.